The molecule has 1 atom stereocenters. The van der Waals surface area contributed by atoms with Crippen molar-refractivity contribution < 1.29 is 19.4 Å². The Morgan fingerprint density at radius 1 is 1.40 bits per heavy atom. The van der Waals surface area contributed by atoms with E-state index in [2.05, 4.69) is 0 Å². The summed E-state index contributed by atoms with van der Waals surface area (Å²) in [7, 11) is 1.71. The zero-order valence-electron chi connectivity index (χ0n) is 11.4. The van der Waals surface area contributed by atoms with Gasteiger partial charge in [0.2, 0.25) is 0 Å². The lowest BCUT2D eigenvalue weighted by molar-refractivity contribution is -0.141. The molecule has 1 fully saturated rings. The monoisotopic (exact) mass is 278 g/mol. The van der Waals surface area contributed by atoms with Crippen molar-refractivity contribution in [3.8, 4) is 0 Å². The number of hydrogen-bond donors (Lipinski definition) is 1. The second-order valence-corrected chi connectivity index (χ2v) is 4.71. The molecule has 0 saturated carbocycles. The molecule has 6 heteroatoms. The van der Waals surface area contributed by atoms with Crippen LogP contribution in [0.4, 0.5) is 10.5 Å². The van der Waals surface area contributed by atoms with Crippen molar-refractivity contribution in [3.05, 3.63) is 30.3 Å². The number of aliphatic carboxylic acids is 1. The highest BCUT2D eigenvalue weighted by molar-refractivity contribution is 5.91. The van der Waals surface area contributed by atoms with Crippen LogP contribution in [-0.4, -0.2) is 54.9 Å². The number of hydrogen-bond acceptors (Lipinski definition) is 3. The van der Waals surface area contributed by atoms with Crippen LogP contribution < -0.4 is 4.90 Å². The van der Waals surface area contributed by atoms with Gasteiger partial charge in [0.05, 0.1) is 19.1 Å². The van der Waals surface area contributed by atoms with Crippen molar-refractivity contribution in [2.24, 2.45) is 0 Å². The highest BCUT2D eigenvalue weighted by Crippen LogP contribution is 2.16. The molecule has 0 spiro atoms. The molecule has 1 saturated heterocycles. The van der Waals surface area contributed by atoms with Crippen LogP contribution in [0.1, 0.15) is 6.42 Å². The molecule has 0 aromatic heterocycles. The Kier molecular flexibility index (Phi) is 4.57. The van der Waals surface area contributed by atoms with E-state index in [-0.39, 0.29) is 12.5 Å². The van der Waals surface area contributed by atoms with Gasteiger partial charge in [-0.05, 0) is 12.1 Å². The van der Waals surface area contributed by atoms with Gasteiger partial charge in [0.25, 0.3) is 0 Å². The maximum absolute atomic E-state index is 12.4. The van der Waals surface area contributed by atoms with E-state index in [1.54, 1.807) is 16.8 Å². The zero-order valence-corrected chi connectivity index (χ0v) is 11.4. The molecule has 1 aromatic carbocycles. The van der Waals surface area contributed by atoms with Gasteiger partial charge >= 0.3 is 12.0 Å². The molecule has 108 valence electrons. The number of benzene rings is 1. The number of amides is 2. The highest BCUT2D eigenvalue weighted by atomic mass is 16.5. The number of anilines is 1. The number of urea groups is 1. The van der Waals surface area contributed by atoms with Crippen molar-refractivity contribution in [3.63, 3.8) is 0 Å². The predicted molar refractivity (Wildman–Crippen MR) is 73.8 cm³/mol. The Morgan fingerprint density at radius 3 is 2.75 bits per heavy atom. The van der Waals surface area contributed by atoms with E-state index in [9.17, 15) is 9.59 Å². The highest BCUT2D eigenvalue weighted by Gasteiger charge is 2.27. The second kappa shape index (κ2) is 6.38. The molecule has 1 unspecified atom stereocenters. The van der Waals surface area contributed by atoms with Gasteiger partial charge in [-0.1, -0.05) is 18.2 Å². The van der Waals surface area contributed by atoms with Crippen molar-refractivity contribution in [1.82, 2.24) is 4.90 Å². The smallest absolute Gasteiger partial charge is 0.324 e. The molecule has 0 radical (unpaired) electrons. The van der Waals surface area contributed by atoms with Gasteiger partial charge in [0, 0.05) is 25.8 Å². The molecular formula is C14H18N2O4. The van der Waals surface area contributed by atoms with Gasteiger partial charge in [0.1, 0.15) is 0 Å². The minimum Gasteiger partial charge on any atom is -0.481 e. The average Bonchev–Trinajstić information content (AvgIpc) is 2.46. The maximum Gasteiger partial charge on any atom is 0.324 e. The fraction of sp³-hybridized carbons (Fsp3) is 0.429. The summed E-state index contributed by atoms with van der Waals surface area (Å²) >= 11 is 0. The predicted octanol–water partition coefficient (Wildman–Crippen LogP) is 1.42. The third-order valence-corrected chi connectivity index (χ3v) is 3.24. The normalized spacial score (nSPS) is 18.6. The number of rotatable bonds is 3. The number of para-hydroxylation sites is 1. The van der Waals surface area contributed by atoms with Gasteiger partial charge in [0.15, 0.2) is 0 Å². The Labute approximate surface area is 117 Å². The van der Waals surface area contributed by atoms with E-state index in [0.29, 0.717) is 19.7 Å². The van der Waals surface area contributed by atoms with Crippen LogP contribution in [0.2, 0.25) is 0 Å². The molecule has 2 rings (SSSR count). The number of nitrogens with zero attached hydrogens (tertiary/aromatic N) is 2. The summed E-state index contributed by atoms with van der Waals surface area (Å²) in [4.78, 5) is 26.3. The van der Waals surface area contributed by atoms with E-state index >= 15 is 0 Å². The summed E-state index contributed by atoms with van der Waals surface area (Å²) in [5.74, 6) is -0.916. The molecule has 0 aliphatic carbocycles. The van der Waals surface area contributed by atoms with Crippen molar-refractivity contribution in [2.45, 2.75) is 12.5 Å². The van der Waals surface area contributed by atoms with E-state index in [0.717, 1.165) is 5.69 Å². The molecule has 0 bridgehead atoms. The Bertz CT molecular complexity index is 477. The van der Waals surface area contributed by atoms with Gasteiger partial charge < -0.3 is 14.7 Å². The Balaban J connectivity index is 1.99. The molecule has 6 nitrogen and oxygen atoms in total. The quantitative estimate of drug-likeness (QED) is 0.907. The minimum atomic E-state index is -0.916. The number of carboxylic acids is 1. The topological polar surface area (TPSA) is 70.1 Å². The summed E-state index contributed by atoms with van der Waals surface area (Å²) in [5.41, 5.74) is 0.804. The fourth-order valence-corrected chi connectivity index (χ4v) is 2.19. The summed E-state index contributed by atoms with van der Waals surface area (Å²) in [5, 5.41) is 8.78. The summed E-state index contributed by atoms with van der Waals surface area (Å²) in [6, 6.07) is 9.19. The first-order chi connectivity index (χ1) is 9.58. The van der Waals surface area contributed by atoms with Crippen molar-refractivity contribution in [2.75, 3.05) is 31.6 Å². The summed E-state index contributed by atoms with van der Waals surface area (Å²) in [6.07, 6.45) is -0.520. The largest absolute Gasteiger partial charge is 0.481 e. The minimum absolute atomic E-state index is 0.0845. The van der Waals surface area contributed by atoms with E-state index < -0.39 is 12.1 Å². The third-order valence-electron chi connectivity index (χ3n) is 3.24. The van der Waals surface area contributed by atoms with Gasteiger partial charge in [-0.2, -0.15) is 0 Å². The van der Waals surface area contributed by atoms with E-state index in [1.807, 2.05) is 30.3 Å². The lowest BCUT2D eigenvalue weighted by Gasteiger charge is -2.34. The van der Waals surface area contributed by atoms with Crippen LogP contribution >= 0.6 is 0 Å². The van der Waals surface area contributed by atoms with Crippen molar-refractivity contribution in [1.29, 1.82) is 0 Å². The number of carbonyl (C=O) groups excluding carboxylic acids is 1. The lowest BCUT2D eigenvalue weighted by Crippen LogP contribution is -2.50. The van der Waals surface area contributed by atoms with Gasteiger partial charge in [-0.25, -0.2) is 4.79 Å². The molecule has 1 aliphatic heterocycles. The number of carboxylic acid groups (broad SMARTS) is 1. The molecule has 1 heterocycles. The summed E-state index contributed by atoms with van der Waals surface area (Å²) in [6.45, 7) is 1.15. The van der Waals surface area contributed by atoms with Crippen LogP contribution in [-0.2, 0) is 9.53 Å². The molecule has 1 aromatic rings. The van der Waals surface area contributed by atoms with Gasteiger partial charge in [-0.15, -0.1) is 0 Å². The molecule has 2 amide bonds. The average molecular weight is 278 g/mol. The Morgan fingerprint density at radius 2 is 2.10 bits per heavy atom. The first-order valence-corrected chi connectivity index (χ1v) is 6.49. The molecule has 1 N–H and O–H groups in total. The first-order valence-electron chi connectivity index (χ1n) is 6.49. The van der Waals surface area contributed by atoms with Crippen LogP contribution in [0.5, 0.6) is 0 Å². The standard InChI is InChI=1S/C14H18N2O4/c1-15(11-5-3-2-4-6-11)14(19)16-7-8-20-12(10-16)9-13(17)18/h2-6,12H,7-10H2,1H3,(H,17,18). The summed E-state index contributed by atoms with van der Waals surface area (Å²) < 4.78 is 5.36. The Hall–Kier alpha value is -2.08. The fourth-order valence-electron chi connectivity index (χ4n) is 2.19. The molecular weight excluding hydrogens is 260 g/mol. The third kappa shape index (κ3) is 3.48. The maximum atomic E-state index is 12.4. The van der Waals surface area contributed by atoms with Gasteiger partial charge in [-0.3, -0.25) is 9.69 Å². The number of carbonyl (C=O) groups is 2. The molecule has 1 aliphatic rings. The van der Waals surface area contributed by atoms with Crippen LogP contribution in [0.3, 0.4) is 0 Å². The van der Waals surface area contributed by atoms with Crippen molar-refractivity contribution >= 4 is 17.7 Å². The van der Waals surface area contributed by atoms with Crippen LogP contribution in [0.15, 0.2) is 30.3 Å². The second-order valence-electron chi connectivity index (χ2n) is 4.71. The van der Waals surface area contributed by atoms with E-state index in [1.165, 1.54) is 0 Å². The number of morpholine rings is 1. The van der Waals surface area contributed by atoms with Crippen LogP contribution in [0.25, 0.3) is 0 Å². The SMILES string of the molecule is CN(C(=O)N1CCOC(CC(=O)O)C1)c1ccccc1. The zero-order chi connectivity index (χ0) is 14.5. The lowest BCUT2D eigenvalue weighted by atomic mass is 10.2. The first kappa shape index (κ1) is 14.3. The number of ether oxygens (including phenoxy) is 1. The van der Waals surface area contributed by atoms with Crippen LogP contribution in [0, 0.1) is 0 Å². The van der Waals surface area contributed by atoms with E-state index in [4.69, 9.17) is 9.84 Å². The molecule has 20 heavy (non-hydrogen) atoms.